The summed E-state index contributed by atoms with van der Waals surface area (Å²) in [5.41, 5.74) is 2.22. The van der Waals surface area contributed by atoms with Gasteiger partial charge in [0.15, 0.2) is 0 Å². The first-order valence-electron chi connectivity index (χ1n) is 18.0. The van der Waals surface area contributed by atoms with Crippen molar-refractivity contribution in [2.75, 3.05) is 19.8 Å². The lowest BCUT2D eigenvalue weighted by molar-refractivity contribution is -0.0600. The SMILES string of the molecule is CC(C)CCC[C@@H](C)[C@H]1CC[C@H]2[C@@H]3CC=C4C[C@@H](OC(=O)N5CCCC5C(O)CCOP(C)(=O)O)CC[C@]4(C)[C@H]3CC[C@]12C. The van der Waals surface area contributed by atoms with E-state index in [1.165, 1.54) is 56.9 Å². The number of hydrogen-bond acceptors (Lipinski definition) is 5. The second kappa shape index (κ2) is 13.7. The van der Waals surface area contributed by atoms with Gasteiger partial charge in [-0.3, -0.25) is 4.57 Å². The van der Waals surface area contributed by atoms with Crippen LogP contribution in [0.4, 0.5) is 4.79 Å². The molecule has 1 saturated heterocycles. The number of rotatable bonds is 11. The average Bonchev–Trinajstić information content (AvgIpc) is 3.57. The van der Waals surface area contributed by atoms with Crippen molar-refractivity contribution in [1.29, 1.82) is 0 Å². The summed E-state index contributed by atoms with van der Waals surface area (Å²) < 4.78 is 22.5. The van der Waals surface area contributed by atoms with Gasteiger partial charge in [-0.1, -0.05) is 65.5 Å². The maximum atomic E-state index is 13.3. The Labute approximate surface area is 267 Å². The first kappa shape index (κ1) is 34.5. The number of hydrogen-bond donors (Lipinski definition) is 2. The minimum absolute atomic E-state index is 0.0135. The zero-order valence-electron chi connectivity index (χ0n) is 28.5. The third-order valence-corrected chi connectivity index (χ3v) is 13.9. The molecule has 1 aliphatic heterocycles. The van der Waals surface area contributed by atoms with Crippen molar-refractivity contribution in [3.05, 3.63) is 11.6 Å². The summed E-state index contributed by atoms with van der Waals surface area (Å²) >= 11 is 0. The van der Waals surface area contributed by atoms with Crippen molar-refractivity contribution in [2.24, 2.45) is 46.3 Å². The van der Waals surface area contributed by atoms with Crippen LogP contribution in [0.3, 0.4) is 0 Å². The van der Waals surface area contributed by atoms with Crippen LogP contribution < -0.4 is 0 Å². The molecule has 2 N–H and O–H groups in total. The van der Waals surface area contributed by atoms with Crippen LogP contribution in [0.25, 0.3) is 0 Å². The van der Waals surface area contributed by atoms with Crippen LogP contribution in [0.5, 0.6) is 0 Å². The lowest BCUT2D eigenvalue weighted by atomic mass is 9.47. The predicted octanol–water partition coefficient (Wildman–Crippen LogP) is 8.58. The van der Waals surface area contributed by atoms with Crippen molar-refractivity contribution >= 4 is 13.7 Å². The molecule has 3 saturated carbocycles. The van der Waals surface area contributed by atoms with Gasteiger partial charge in [0.05, 0.1) is 18.8 Å². The lowest BCUT2D eigenvalue weighted by Crippen LogP contribution is -2.51. The molecule has 1 heterocycles. The monoisotopic (exact) mass is 635 g/mol. The van der Waals surface area contributed by atoms with Crippen molar-refractivity contribution in [1.82, 2.24) is 4.90 Å². The van der Waals surface area contributed by atoms with Crippen LogP contribution in [-0.2, 0) is 13.8 Å². The van der Waals surface area contributed by atoms with Gasteiger partial charge in [-0.25, -0.2) is 4.79 Å². The van der Waals surface area contributed by atoms with E-state index >= 15 is 0 Å². The molecule has 252 valence electrons. The highest BCUT2D eigenvalue weighted by Gasteiger charge is 2.59. The van der Waals surface area contributed by atoms with Gasteiger partial charge < -0.3 is 24.2 Å². The van der Waals surface area contributed by atoms with E-state index < -0.39 is 13.7 Å². The molecule has 8 heteroatoms. The summed E-state index contributed by atoms with van der Waals surface area (Å²) in [6.45, 7) is 14.1. The standard InChI is InChI=1S/C36H62NO6P/c1-24(2)9-7-10-25(3)29-14-15-30-28-13-12-26-23-27(16-19-35(26,4)31(28)17-20-36(29,30)5)43-34(39)37-21-8-11-32(37)33(38)18-22-42-44(6,40)41/h12,24-25,27-33,38H,7-11,13-23H2,1-6H3,(H,40,41)/t25-,27+,28+,29-,30+,31+,32?,33?,35+,36-/m1/s1. The Bertz CT molecular complexity index is 1090. The Morgan fingerprint density at radius 1 is 1.07 bits per heavy atom. The molecule has 0 aromatic heterocycles. The quantitative estimate of drug-likeness (QED) is 0.174. The number of allylic oxidation sites excluding steroid dienone is 1. The normalized spacial score (nSPS) is 39.6. The van der Waals surface area contributed by atoms with Crippen LogP contribution in [0.1, 0.15) is 125 Å². The van der Waals surface area contributed by atoms with E-state index in [0.29, 0.717) is 18.4 Å². The number of nitrogens with zero attached hydrogens (tertiary/aromatic N) is 1. The van der Waals surface area contributed by atoms with Crippen molar-refractivity contribution in [2.45, 2.75) is 143 Å². The molecule has 4 fully saturated rings. The third-order valence-electron chi connectivity index (χ3n) is 13.2. The summed E-state index contributed by atoms with van der Waals surface area (Å²) in [5, 5.41) is 10.7. The van der Waals surface area contributed by atoms with Gasteiger partial charge in [-0.2, -0.15) is 0 Å². The van der Waals surface area contributed by atoms with E-state index in [0.717, 1.165) is 67.9 Å². The van der Waals surface area contributed by atoms with Crippen LogP contribution in [-0.4, -0.2) is 59.1 Å². The summed E-state index contributed by atoms with van der Waals surface area (Å²) in [4.78, 5) is 24.4. The van der Waals surface area contributed by atoms with Gasteiger partial charge in [0.1, 0.15) is 6.10 Å². The Balaban J connectivity index is 1.18. The number of aliphatic hydroxyl groups is 1. The second-order valence-corrected chi connectivity index (χ2v) is 18.3. The summed E-state index contributed by atoms with van der Waals surface area (Å²) in [7, 11) is -3.58. The molecule has 3 unspecified atom stereocenters. The third kappa shape index (κ3) is 7.16. The minimum Gasteiger partial charge on any atom is -0.446 e. The van der Waals surface area contributed by atoms with Crippen LogP contribution in [0.2, 0.25) is 0 Å². The summed E-state index contributed by atoms with van der Waals surface area (Å²) in [6.07, 6.45) is 16.7. The molecule has 0 bridgehead atoms. The van der Waals surface area contributed by atoms with Crippen molar-refractivity contribution in [3.63, 3.8) is 0 Å². The Hall–Kier alpha value is -0.880. The fraction of sp³-hybridized carbons (Fsp3) is 0.917. The topological polar surface area (TPSA) is 96.3 Å². The highest BCUT2D eigenvalue weighted by molar-refractivity contribution is 7.51. The molecule has 0 aromatic rings. The zero-order valence-corrected chi connectivity index (χ0v) is 29.4. The van der Waals surface area contributed by atoms with Crippen molar-refractivity contribution < 1.29 is 28.6 Å². The molecule has 5 rings (SSSR count). The molecule has 4 aliphatic carbocycles. The lowest BCUT2D eigenvalue weighted by Gasteiger charge is -2.58. The van der Waals surface area contributed by atoms with Crippen LogP contribution in [0.15, 0.2) is 11.6 Å². The molecular weight excluding hydrogens is 573 g/mol. The molecule has 0 radical (unpaired) electrons. The van der Waals surface area contributed by atoms with E-state index in [9.17, 15) is 19.4 Å². The summed E-state index contributed by atoms with van der Waals surface area (Å²) in [6, 6.07) is -0.339. The predicted molar refractivity (Wildman–Crippen MR) is 175 cm³/mol. The smallest absolute Gasteiger partial charge is 0.410 e. The van der Waals surface area contributed by atoms with E-state index in [-0.39, 0.29) is 36.7 Å². The number of likely N-dealkylation sites (tertiary alicyclic amines) is 1. The highest BCUT2D eigenvalue weighted by Crippen LogP contribution is 2.67. The number of carbonyl (C=O) groups is 1. The number of amides is 1. The summed E-state index contributed by atoms with van der Waals surface area (Å²) in [5.74, 6) is 4.88. The molecule has 7 nitrogen and oxygen atoms in total. The van der Waals surface area contributed by atoms with Gasteiger partial charge in [-0.05, 0) is 111 Å². The fourth-order valence-electron chi connectivity index (χ4n) is 10.9. The first-order valence-corrected chi connectivity index (χ1v) is 20.0. The molecule has 11 atom stereocenters. The Morgan fingerprint density at radius 2 is 1.84 bits per heavy atom. The fourth-order valence-corrected chi connectivity index (χ4v) is 11.4. The first-order chi connectivity index (χ1) is 20.7. The minimum atomic E-state index is -3.58. The highest BCUT2D eigenvalue weighted by atomic mass is 31.2. The van der Waals surface area contributed by atoms with E-state index in [1.807, 2.05) is 0 Å². The van der Waals surface area contributed by atoms with Crippen LogP contribution >= 0.6 is 7.60 Å². The molecule has 1 amide bonds. The molecule has 0 spiro atoms. The molecule has 44 heavy (non-hydrogen) atoms. The Morgan fingerprint density at radius 3 is 2.57 bits per heavy atom. The van der Waals surface area contributed by atoms with Crippen molar-refractivity contribution in [3.8, 4) is 0 Å². The zero-order chi connectivity index (χ0) is 31.9. The van der Waals surface area contributed by atoms with Gasteiger partial charge in [0.25, 0.3) is 0 Å². The number of carbonyl (C=O) groups excluding carboxylic acids is 1. The number of fused-ring (bicyclic) bond motifs is 5. The van der Waals surface area contributed by atoms with E-state index in [4.69, 9.17) is 9.26 Å². The second-order valence-electron chi connectivity index (χ2n) is 16.4. The van der Waals surface area contributed by atoms with E-state index in [2.05, 4.69) is 40.7 Å². The van der Waals surface area contributed by atoms with E-state index in [1.54, 1.807) is 4.90 Å². The number of ether oxygens (including phenoxy) is 1. The molecule has 0 aromatic carbocycles. The molecular formula is C36H62NO6P. The van der Waals surface area contributed by atoms with Crippen LogP contribution in [0, 0.1) is 46.3 Å². The maximum absolute atomic E-state index is 13.3. The van der Waals surface area contributed by atoms with Gasteiger partial charge >= 0.3 is 13.7 Å². The maximum Gasteiger partial charge on any atom is 0.410 e. The van der Waals surface area contributed by atoms with Gasteiger partial charge in [0.2, 0.25) is 0 Å². The average molecular weight is 636 g/mol. The van der Waals surface area contributed by atoms with Gasteiger partial charge in [-0.15, -0.1) is 0 Å². The largest absolute Gasteiger partial charge is 0.446 e. The van der Waals surface area contributed by atoms with Gasteiger partial charge in [0, 0.05) is 19.6 Å². The molecule has 5 aliphatic rings. The number of aliphatic hydroxyl groups excluding tert-OH is 1. The Kier molecular flexibility index (Phi) is 10.7.